The molecule has 0 aliphatic heterocycles. The van der Waals surface area contributed by atoms with Crippen LogP contribution in [0.2, 0.25) is 10.0 Å². The number of benzene rings is 1. The summed E-state index contributed by atoms with van der Waals surface area (Å²) in [5.41, 5.74) is 2.51. The second-order valence-corrected chi connectivity index (χ2v) is 4.44. The summed E-state index contributed by atoms with van der Waals surface area (Å²) in [5.74, 6) is 0. The fourth-order valence-corrected chi connectivity index (χ4v) is 1.96. The molecule has 0 bridgehead atoms. The number of halogens is 2. The van der Waals surface area contributed by atoms with E-state index in [1.54, 1.807) is 29.1 Å². The van der Waals surface area contributed by atoms with E-state index in [0.29, 0.717) is 16.5 Å². The van der Waals surface area contributed by atoms with Crippen molar-refractivity contribution in [3.63, 3.8) is 0 Å². The van der Waals surface area contributed by atoms with Crippen LogP contribution in [0, 0.1) is 18.3 Å². The standard InChI is InChI=1S/C12H9Cl2N3/c1-8-9(4-5-15)7-16-17(8)12-6-10(13)2-3-11(12)14/h2-3,6-7H,4H2,1H3. The number of aromatic nitrogens is 2. The molecule has 0 saturated heterocycles. The summed E-state index contributed by atoms with van der Waals surface area (Å²) < 4.78 is 1.70. The van der Waals surface area contributed by atoms with Gasteiger partial charge in [0.2, 0.25) is 0 Å². The molecule has 0 aliphatic rings. The van der Waals surface area contributed by atoms with Gasteiger partial charge in [-0.3, -0.25) is 0 Å². The monoisotopic (exact) mass is 265 g/mol. The van der Waals surface area contributed by atoms with Crippen molar-refractivity contribution < 1.29 is 0 Å². The number of hydrogen-bond donors (Lipinski definition) is 0. The third kappa shape index (κ3) is 2.28. The summed E-state index contributed by atoms with van der Waals surface area (Å²) in [6.07, 6.45) is 2.01. The molecule has 3 nitrogen and oxygen atoms in total. The third-order valence-electron chi connectivity index (χ3n) is 2.52. The summed E-state index contributed by atoms with van der Waals surface area (Å²) >= 11 is 12.0. The summed E-state index contributed by atoms with van der Waals surface area (Å²) in [6.45, 7) is 1.90. The van der Waals surface area contributed by atoms with Crippen molar-refractivity contribution in [3.05, 3.63) is 45.7 Å². The van der Waals surface area contributed by atoms with Crippen molar-refractivity contribution in [2.75, 3.05) is 0 Å². The van der Waals surface area contributed by atoms with E-state index in [0.717, 1.165) is 16.9 Å². The van der Waals surface area contributed by atoms with E-state index in [9.17, 15) is 0 Å². The molecule has 0 atom stereocenters. The van der Waals surface area contributed by atoms with Crippen molar-refractivity contribution in [2.24, 2.45) is 0 Å². The maximum atomic E-state index is 8.69. The fourth-order valence-electron chi connectivity index (χ4n) is 1.59. The predicted octanol–water partition coefficient (Wildman–Crippen LogP) is 3.55. The Morgan fingerprint density at radius 2 is 2.18 bits per heavy atom. The first kappa shape index (κ1) is 12.0. The fraction of sp³-hybridized carbons (Fsp3) is 0.167. The smallest absolute Gasteiger partial charge is 0.0849 e. The molecule has 2 rings (SSSR count). The van der Waals surface area contributed by atoms with Crippen LogP contribution in [-0.4, -0.2) is 9.78 Å². The van der Waals surface area contributed by atoms with Gasteiger partial charge in [-0.25, -0.2) is 4.68 Å². The van der Waals surface area contributed by atoms with Crippen LogP contribution in [0.25, 0.3) is 5.69 Å². The molecule has 5 heteroatoms. The SMILES string of the molecule is Cc1c(CC#N)cnn1-c1cc(Cl)ccc1Cl. The first-order valence-electron chi connectivity index (χ1n) is 4.99. The molecule has 0 aliphatic carbocycles. The number of nitrogens with zero attached hydrogens (tertiary/aromatic N) is 3. The highest BCUT2D eigenvalue weighted by molar-refractivity contribution is 6.34. The van der Waals surface area contributed by atoms with Gasteiger partial charge in [0.1, 0.15) is 0 Å². The number of hydrogen-bond acceptors (Lipinski definition) is 2. The van der Waals surface area contributed by atoms with Crippen LogP contribution in [0.4, 0.5) is 0 Å². The Hall–Kier alpha value is -1.50. The average Bonchev–Trinajstić information content (AvgIpc) is 2.65. The third-order valence-corrected chi connectivity index (χ3v) is 3.07. The highest BCUT2D eigenvalue weighted by atomic mass is 35.5. The van der Waals surface area contributed by atoms with Gasteiger partial charge in [-0.05, 0) is 25.1 Å². The molecule has 2 aromatic rings. The first-order valence-corrected chi connectivity index (χ1v) is 5.75. The van der Waals surface area contributed by atoms with Gasteiger partial charge in [-0.15, -0.1) is 0 Å². The van der Waals surface area contributed by atoms with Crippen molar-refractivity contribution in [2.45, 2.75) is 13.3 Å². The maximum Gasteiger partial charge on any atom is 0.0849 e. The molecular formula is C12H9Cl2N3. The Morgan fingerprint density at radius 1 is 1.41 bits per heavy atom. The van der Waals surface area contributed by atoms with Gasteiger partial charge >= 0.3 is 0 Å². The maximum absolute atomic E-state index is 8.69. The molecule has 1 aromatic heterocycles. The predicted molar refractivity (Wildman–Crippen MR) is 67.6 cm³/mol. The van der Waals surface area contributed by atoms with Crippen molar-refractivity contribution in [1.82, 2.24) is 9.78 Å². The van der Waals surface area contributed by atoms with Crippen LogP contribution in [0.5, 0.6) is 0 Å². The summed E-state index contributed by atoms with van der Waals surface area (Å²) in [5, 5.41) is 14.1. The zero-order valence-electron chi connectivity index (χ0n) is 9.11. The van der Waals surface area contributed by atoms with E-state index in [4.69, 9.17) is 28.5 Å². The topological polar surface area (TPSA) is 41.6 Å². The highest BCUT2D eigenvalue weighted by Gasteiger charge is 2.10. The minimum absolute atomic E-state index is 0.337. The van der Waals surface area contributed by atoms with E-state index in [2.05, 4.69) is 11.2 Å². The van der Waals surface area contributed by atoms with Gasteiger partial charge in [0, 0.05) is 16.3 Å². The Labute approximate surface area is 109 Å². The number of rotatable bonds is 2. The molecular weight excluding hydrogens is 257 g/mol. The van der Waals surface area contributed by atoms with E-state index in [1.165, 1.54) is 0 Å². The van der Waals surface area contributed by atoms with Gasteiger partial charge < -0.3 is 0 Å². The highest BCUT2D eigenvalue weighted by Crippen LogP contribution is 2.25. The van der Waals surface area contributed by atoms with E-state index < -0.39 is 0 Å². The van der Waals surface area contributed by atoms with Gasteiger partial charge in [-0.1, -0.05) is 23.2 Å². The van der Waals surface area contributed by atoms with Crippen LogP contribution in [0.1, 0.15) is 11.3 Å². The molecule has 0 amide bonds. The molecule has 17 heavy (non-hydrogen) atoms. The second-order valence-electron chi connectivity index (χ2n) is 3.60. The lowest BCUT2D eigenvalue weighted by Crippen LogP contribution is -2.00. The van der Waals surface area contributed by atoms with Crippen LogP contribution in [0.15, 0.2) is 24.4 Å². The van der Waals surface area contributed by atoms with Crippen molar-refractivity contribution in [3.8, 4) is 11.8 Å². The minimum atomic E-state index is 0.337. The van der Waals surface area contributed by atoms with Crippen LogP contribution >= 0.6 is 23.2 Å². The average molecular weight is 266 g/mol. The zero-order valence-corrected chi connectivity index (χ0v) is 10.6. The van der Waals surface area contributed by atoms with E-state index >= 15 is 0 Å². The van der Waals surface area contributed by atoms with Crippen molar-refractivity contribution in [1.29, 1.82) is 5.26 Å². The lowest BCUT2D eigenvalue weighted by Gasteiger charge is -2.07. The largest absolute Gasteiger partial charge is 0.236 e. The molecule has 0 spiro atoms. The van der Waals surface area contributed by atoms with Gasteiger partial charge in [0.05, 0.1) is 29.4 Å². The van der Waals surface area contributed by atoms with Crippen molar-refractivity contribution >= 4 is 23.2 Å². The Morgan fingerprint density at radius 3 is 2.88 bits per heavy atom. The summed E-state index contributed by atoms with van der Waals surface area (Å²) in [6, 6.07) is 7.30. The van der Waals surface area contributed by atoms with Gasteiger partial charge in [0.25, 0.3) is 0 Å². The molecule has 0 fully saturated rings. The van der Waals surface area contributed by atoms with Gasteiger partial charge in [0.15, 0.2) is 0 Å². The molecule has 0 unspecified atom stereocenters. The molecule has 0 radical (unpaired) electrons. The Balaban J connectivity index is 2.54. The summed E-state index contributed by atoms with van der Waals surface area (Å²) in [7, 11) is 0. The normalized spacial score (nSPS) is 10.2. The van der Waals surface area contributed by atoms with E-state index in [1.807, 2.05) is 6.92 Å². The van der Waals surface area contributed by atoms with Crippen LogP contribution in [0.3, 0.4) is 0 Å². The molecule has 0 saturated carbocycles. The lowest BCUT2D eigenvalue weighted by atomic mass is 10.2. The zero-order chi connectivity index (χ0) is 12.4. The van der Waals surface area contributed by atoms with Gasteiger partial charge in [-0.2, -0.15) is 10.4 Å². The van der Waals surface area contributed by atoms with E-state index in [-0.39, 0.29) is 0 Å². The van der Waals surface area contributed by atoms with Crippen LogP contribution in [-0.2, 0) is 6.42 Å². The molecule has 0 N–H and O–H groups in total. The van der Waals surface area contributed by atoms with Crippen LogP contribution < -0.4 is 0 Å². The number of nitriles is 1. The Kier molecular flexibility index (Phi) is 3.37. The molecule has 1 heterocycles. The minimum Gasteiger partial charge on any atom is -0.236 e. The second kappa shape index (κ2) is 4.79. The molecule has 86 valence electrons. The Bertz CT molecular complexity index is 596. The molecule has 1 aromatic carbocycles. The lowest BCUT2D eigenvalue weighted by molar-refractivity contribution is 0.845. The first-order chi connectivity index (χ1) is 8.13. The summed E-state index contributed by atoms with van der Waals surface area (Å²) in [4.78, 5) is 0. The quantitative estimate of drug-likeness (QED) is 0.834.